The van der Waals surface area contributed by atoms with Gasteiger partial charge in [0.05, 0.1) is 6.10 Å². The first-order valence-corrected chi connectivity index (χ1v) is 7.62. The Bertz CT molecular complexity index is 221. The van der Waals surface area contributed by atoms with Gasteiger partial charge in [-0.25, -0.2) is 0 Å². The Labute approximate surface area is 117 Å². The number of unbranched alkanes of at least 4 members (excludes halogenated alkanes) is 5. The van der Waals surface area contributed by atoms with E-state index in [-0.39, 0.29) is 6.10 Å². The van der Waals surface area contributed by atoms with Crippen LogP contribution in [0.1, 0.15) is 71.1 Å². The highest BCUT2D eigenvalue weighted by Crippen LogP contribution is 2.13. The second kappa shape index (κ2) is 12.4. The lowest BCUT2D eigenvalue weighted by Gasteiger charge is -2.12. The number of rotatable bonds is 13. The van der Waals surface area contributed by atoms with Gasteiger partial charge in [-0.2, -0.15) is 0 Å². The lowest BCUT2D eigenvalue weighted by Crippen LogP contribution is -2.30. The standard InChI is InChI=1S/C15H31NO3/c1-3-4-5-7-10-13(17)11-8-6-9-12-14(19-2)15(16)18/h13-14,17H,3-12H2,1-2H3,(H2,16,18). The van der Waals surface area contributed by atoms with Crippen molar-refractivity contribution in [1.29, 1.82) is 0 Å². The molecule has 0 fully saturated rings. The van der Waals surface area contributed by atoms with Crippen molar-refractivity contribution in [1.82, 2.24) is 0 Å². The maximum absolute atomic E-state index is 10.9. The molecule has 1 amide bonds. The van der Waals surface area contributed by atoms with Gasteiger partial charge in [-0.15, -0.1) is 0 Å². The van der Waals surface area contributed by atoms with Crippen molar-refractivity contribution in [2.45, 2.75) is 83.3 Å². The van der Waals surface area contributed by atoms with Crippen LogP contribution in [0, 0.1) is 0 Å². The summed E-state index contributed by atoms with van der Waals surface area (Å²) in [5.74, 6) is -0.390. The SMILES string of the molecule is CCCCCCC(O)CCCCCC(OC)C(N)=O. The molecule has 19 heavy (non-hydrogen) atoms. The van der Waals surface area contributed by atoms with E-state index in [0.29, 0.717) is 6.42 Å². The Kier molecular flexibility index (Phi) is 12.0. The van der Waals surface area contributed by atoms with Crippen molar-refractivity contribution in [2.75, 3.05) is 7.11 Å². The monoisotopic (exact) mass is 273 g/mol. The molecule has 0 aliphatic carbocycles. The molecular weight excluding hydrogens is 242 g/mol. The summed E-state index contributed by atoms with van der Waals surface area (Å²) in [6.07, 6.45) is 9.62. The highest BCUT2D eigenvalue weighted by atomic mass is 16.5. The third kappa shape index (κ3) is 11.0. The largest absolute Gasteiger partial charge is 0.393 e. The average Bonchev–Trinajstić information content (AvgIpc) is 2.38. The fourth-order valence-electron chi connectivity index (χ4n) is 2.21. The van der Waals surface area contributed by atoms with Gasteiger partial charge in [-0.3, -0.25) is 4.79 Å². The molecule has 0 aromatic heterocycles. The topological polar surface area (TPSA) is 72.6 Å². The first-order valence-electron chi connectivity index (χ1n) is 7.62. The molecule has 0 rings (SSSR count). The minimum Gasteiger partial charge on any atom is -0.393 e. The number of aliphatic hydroxyl groups excluding tert-OH is 1. The predicted molar refractivity (Wildman–Crippen MR) is 77.8 cm³/mol. The first-order chi connectivity index (χ1) is 9.11. The zero-order valence-corrected chi connectivity index (χ0v) is 12.6. The Balaban J connectivity index is 3.40. The van der Waals surface area contributed by atoms with Gasteiger partial charge >= 0.3 is 0 Å². The molecule has 0 radical (unpaired) electrons. The number of hydrogen-bond acceptors (Lipinski definition) is 3. The molecule has 0 bridgehead atoms. The van der Waals surface area contributed by atoms with Crippen LogP contribution in [0.25, 0.3) is 0 Å². The number of amides is 1. The van der Waals surface area contributed by atoms with Gasteiger partial charge in [0, 0.05) is 7.11 Å². The molecule has 2 unspecified atom stereocenters. The molecule has 114 valence electrons. The molecule has 0 aliphatic heterocycles. The van der Waals surface area contributed by atoms with Gasteiger partial charge in [0.2, 0.25) is 5.91 Å². The summed E-state index contributed by atoms with van der Waals surface area (Å²) in [5.41, 5.74) is 5.19. The summed E-state index contributed by atoms with van der Waals surface area (Å²) >= 11 is 0. The summed E-state index contributed by atoms with van der Waals surface area (Å²) in [7, 11) is 1.51. The van der Waals surface area contributed by atoms with Crippen molar-refractivity contribution in [3.05, 3.63) is 0 Å². The normalized spacial score (nSPS) is 14.3. The van der Waals surface area contributed by atoms with Crippen molar-refractivity contribution in [3.8, 4) is 0 Å². The lowest BCUT2D eigenvalue weighted by molar-refractivity contribution is -0.128. The van der Waals surface area contributed by atoms with E-state index in [1.165, 1.54) is 26.4 Å². The number of aliphatic hydroxyl groups is 1. The van der Waals surface area contributed by atoms with Gasteiger partial charge < -0.3 is 15.6 Å². The molecule has 0 aliphatic rings. The summed E-state index contributed by atoms with van der Waals surface area (Å²) in [6.45, 7) is 2.19. The molecule has 4 nitrogen and oxygen atoms in total. The summed E-state index contributed by atoms with van der Waals surface area (Å²) in [4.78, 5) is 10.9. The minimum atomic E-state index is -0.459. The first kappa shape index (κ1) is 18.4. The molecular formula is C15H31NO3. The Hall–Kier alpha value is -0.610. The summed E-state index contributed by atoms with van der Waals surface area (Å²) in [5, 5.41) is 9.79. The van der Waals surface area contributed by atoms with Crippen molar-refractivity contribution < 1.29 is 14.6 Å². The van der Waals surface area contributed by atoms with Crippen molar-refractivity contribution in [3.63, 3.8) is 0 Å². The van der Waals surface area contributed by atoms with E-state index in [1.54, 1.807) is 0 Å². The molecule has 4 heteroatoms. The third-order valence-electron chi connectivity index (χ3n) is 3.50. The average molecular weight is 273 g/mol. The van der Waals surface area contributed by atoms with E-state index in [0.717, 1.165) is 38.5 Å². The van der Waals surface area contributed by atoms with Crippen molar-refractivity contribution in [2.24, 2.45) is 5.73 Å². The Morgan fingerprint density at radius 2 is 1.58 bits per heavy atom. The second-order valence-electron chi connectivity index (χ2n) is 5.27. The zero-order chi connectivity index (χ0) is 14.5. The molecule has 2 atom stereocenters. The smallest absolute Gasteiger partial charge is 0.246 e. The van der Waals surface area contributed by atoms with Gasteiger partial charge in [-0.1, -0.05) is 51.9 Å². The Morgan fingerprint density at radius 1 is 1.05 bits per heavy atom. The number of nitrogens with two attached hydrogens (primary N) is 1. The van der Waals surface area contributed by atoms with Gasteiger partial charge in [0.25, 0.3) is 0 Å². The van der Waals surface area contributed by atoms with Crippen LogP contribution >= 0.6 is 0 Å². The molecule has 3 N–H and O–H groups in total. The highest BCUT2D eigenvalue weighted by Gasteiger charge is 2.13. The molecule has 0 heterocycles. The molecule has 0 saturated carbocycles. The second-order valence-corrected chi connectivity index (χ2v) is 5.27. The van der Waals surface area contributed by atoms with Crippen LogP contribution in [-0.4, -0.2) is 30.3 Å². The van der Waals surface area contributed by atoms with Crippen LogP contribution in [0.2, 0.25) is 0 Å². The number of ether oxygens (including phenoxy) is 1. The predicted octanol–water partition coefficient (Wildman–Crippen LogP) is 2.77. The number of carbonyl (C=O) groups excluding carboxylic acids is 1. The van der Waals surface area contributed by atoms with E-state index < -0.39 is 12.0 Å². The lowest BCUT2D eigenvalue weighted by atomic mass is 10.0. The highest BCUT2D eigenvalue weighted by molar-refractivity contribution is 5.78. The molecule has 0 spiro atoms. The number of hydrogen-bond donors (Lipinski definition) is 2. The van der Waals surface area contributed by atoms with E-state index in [9.17, 15) is 9.90 Å². The molecule has 0 saturated heterocycles. The van der Waals surface area contributed by atoms with Crippen LogP contribution in [0.3, 0.4) is 0 Å². The van der Waals surface area contributed by atoms with E-state index in [2.05, 4.69) is 6.92 Å². The van der Waals surface area contributed by atoms with Gasteiger partial charge in [0.1, 0.15) is 6.10 Å². The van der Waals surface area contributed by atoms with E-state index >= 15 is 0 Å². The van der Waals surface area contributed by atoms with Crippen molar-refractivity contribution >= 4 is 5.91 Å². The number of carbonyl (C=O) groups is 1. The maximum Gasteiger partial charge on any atom is 0.246 e. The van der Waals surface area contributed by atoms with Gasteiger partial charge in [-0.05, 0) is 19.3 Å². The fourth-order valence-corrected chi connectivity index (χ4v) is 2.21. The number of primary amides is 1. The third-order valence-corrected chi connectivity index (χ3v) is 3.50. The van der Waals surface area contributed by atoms with Crippen LogP contribution in [0.15, 0.2) is 0 Å². The van der Waals surface area contributed by atoms with Gasteiger partial charge in [0.15, 0.2) is 0 Å². The van der Waals surface area contributed by atoms with Crippen LogP contribution in [0.5, 0.6) is 0 Å². The quantitative estimate of drug-likeness (QED) is 0.507. The zero-order valence-electron chi connectivity index (χ0n) is 12.6. The molecule has 0 aromatic rings. The maximum atomic E-state index is 10.9. The fraction of sp³-hybridized carbons (Fsp3) is 0.933. The van der Waals surface area contributed by atoms with Crippen LogP contribution in [0.4, 0.5) is 0 Å². The van der Waals surface area contributed by atoms with Crippen LogP contribution < -0.4 is 5.73 Å². The Morgan fingerprint density at radius 3 is 2.05 bits per heavy atom. The van der Waals surface area contributed by atoms with Crippen LogP contribution in [-0.2, 0) is 9.53 Å². The number of methoxy groups -OCH3 is 1. The van der Waals surface area contributed by atoms with E-state index in [1.807, 2.05) is 0 Å². The van der Waals surface area contributed by atoms with E-state index in [4.69, 9.17) is 10.5 Å². The summed E-state index contributed by atoms with van der Waals surface area (Å²) < 4.78 is 4.99. The molecule has 0 aromatic carbocycles. The summed E-state index contributed by atoms with van der Waals surface area (Å²) in [6, 6.07) is 0. The minimum absolute atomic E-state index is 0.161.